The minimum Gasteiger partial charge on any atom is -0.480 e. The number of likely N-dealkylation sites (N-methyl/N-ethyl adjacent to an activating group) is 1. The molecule has 20 heavy (non-hydrogen) atoms. The van der Waals surface area contributed by atoms with Crippen LogP contribution in [0.2, 0.25) is 0 Å². The smallest absolute Gasteiger partial charge is 0.327 e. The number of imide groups is 1. The highest BCUT2D eigenvalue weighted by molar-refractivity contribution is 7.98. The molecule has 1 aliphatic rings. The summed E-state index contributed by atoms with van der Waals surface area (Å²) in [6, 6.07) is -1.57. The van der Waals surface area contributed by atoms with Gasteiger partial charge in [-0.25, -0.2) is 9.59 Å². The van der Waals surface area contributed by atoms with E-state index in [9.17, 15) is 19.2 Å². The van der Waals surface area contributed by atoms with Crippen molar-refractivity contribution in [2.24, 2.45) is 0 Å². The maximum absolute atomic E-state index is 11.7. The average Bonchev–Trinajstić information content (AvgIpc) is 2.61. The molecular weight excluding hydrogens is 286 g/mol. The topological polar surface area (TPSA) is 107 Å². The van der Waals surface area contributed by atoms with Crippen molar-refractivity contribution in [2.45, 2.75) is 12.5 Å². The van der Waals surface area contributed by atoms with Gasteiger partial charge in [0.25, 0.3) is 5.91 Å². The van der Waals surface area contributed by atoms with Crippen molar-refractivity contribution in [1.29, 1.82) is 0 Å². The van der Waals surface area contributed by atoms with Crippen LogP contribution in [0.5, 0.6) is 0 Å². The van der Waals surface area contributed by atoms with Crippen molar-refractivity contribution in [2.75, 3.05) is 32.1 Å². The van der Waals surface area contributed by atoms with Crippen LogP contribution in [-0.4, -0.2) is 76.9 Å². The minimum atomic E-state index is -1.14. The summed E-state index contributed by atoms with van der Waals surface area (Å²) in [7, 11) is 1.46. The van der Waals surface area contributed by atoms with Crippen LogP contribution in [-0.2, 0) is 14.4 Å². The first-order valence-corrected chi connectivity index (χ1v) is 7.32. The number of amides is 4. The van der Waals surface area contributed by atoms with Crippen LogP contribution in [0, 0.1) is 0 Å². The van der Waals surface area contributed by atoms with Gasteiger partial charge in [0.2, 0.25) is 5.91 Å². The number of aliphatic carboxylic acids is 1. The third kappa shape index (κ3) is 4.12. The molecule has 1 rings (SSSR count). The van der Waals surface area contributed by atoms with Crippen LogP contribution in [0.3, 0.4) is 0 Å². The summed E-state index contributed by atoms with van der Waals surface area (Å²) in [6.45, 7) is -0.522. The Morgan fingerprint density at radius 2 is 2.10 bits per heavy atom. The molecule has 1 heterocycles. The molecule has 4 amide bonds. The summed E-state index contributed by atoms with van der Waals surface area (Å²) >= 11 is 1.47. The number of carbonyl (C=O) groups excluding carboxylic acids is 3. The molecule has 0 unspecified atom stereocenters. The number of nitrogens with zero attached hydrogens (tertiary/aromatic N) is 2. The third-order valence-corrected chi connectivity index (χ3v) is 3.42. The number of thioether (sulfide) groups is 1. The number of hydrogen-bond donors (Lipinski definition) is 2. The highest BCUT2D eigenvalue weighted by Crippen LogP contribution is 2.07. The Balaban J connectivity index is 2.55. The molecule has 0 aromatic heterocycles. The lowest BCUT2D eigenvalue weighted by molar-refractivity contribution is -0.142. The Morgan fingerprint density at radius 1 is 1.45 bits per heavy atom. The number of rotatable bonds is 7. The zero-order chi connectivity index (χ0) is 15.3. The molecular formula is C11H17N3O5S. The summed E-state index contributed by atoms with van der Waals surface area (Å²) in [5.41, 5.74) is 0. The van der Waals surface area contributed by atoms with Crippen LogP contribution >= 0.6 is 11.8 Å². The van der Waals surface area contributed by atoms with Crippen LogP contribution in [0.15, 0.2) is 0 Å². The van der Waals surface area contributed by atoms with Crippen LogP contribution in [0.4, 0.5) is 4.79 Å². The summed E-state index contributed by atoms with van der Waals surface area (Å²) in [5, 5.41) is 11.3. The van der Waals surface area contributed by atoms with Gasteiger partial charge in [0.15, 0.2) is 0 Å². The molecule has 0 aromatic rings. The van der Waals surface area contributed by atoms with E-state index in [0.29, 0.717) is 5.75 Å². The number of carbonyl (C=O) groups is 4. The van der Waals surface area contributed by atoms with Gasteiger partial charge in [-0.2, -0.15) is 11.8 Å². The van der Waals surface area contributed by atoms with E-state index in [2.05, 4.69) is 5.32 Å². The van der Waals surface area contributed by atoms with Crippen molar-refractivity contribution < 1.29 is 24.3 Å². The fourth-order valence-corrected chi connectivity index (χ4v) is 2.17. The zero-order valence-corrected chi connectivity index (χ0v) is 12.1. The molecule has 0 aromatic carbocycles. The summed E-state index contributed by atoms with van der Waals surface area (Å²) < 4.78 is 0. The lowest BCUT2D eigenvalue weighted by Gasteiger charge is -2.17. The van der Waals surface area contributed by atoms with Gasteiger partial charge in [0, 0.05) is 7.05 Å². The molecule has 9 heteroatoms. The monoisotopic (exact) mass is 303 g/mol. The zero-order valence-electron chi connectivity index (χ0n) is 11.3. The summed E-state index contributed by atoms with van der Waals surface area (Å²) in [4.78, 5) is 47.8. The first kappa shape index (κ1) is 16.3. The van der Waals surface area contributed by atoms with Crippen molar-refractivity contribution in [3.05, 3.63) is 0 Å². The number of urea groups is 1. The molecule has 0 saturated carbocycles. The average molecular weight is 303 g/mol. The van der Waals surface area contributed by atoms with Gasteiger partial charge in [0.05, 0.1) is 0 Å². The molecule has 0 spiro atoms. The van der Waals surface area contributed by atoms with Gasteiger partial charge in [-0.3, -0.25) is 14.5 Å². The maximum Gasteiger partial charge on any atom is 0.327 e. The second-order valence-corrected chi connectivity index (χ2v) is 5.34. The lowest BCUT2D eigenvalue weighted by atomic mass is 10.2. The van der Waals surface area contributed by atoms with Crippen LogP contribution in [0.25, 0.3) is 0 Å². The molecule has 8 nitrogen and oxygen atoms in total. The molecule has 1 saturated heterocycles. The van der Waals surface area contributed by atoms with Crippen LogP contribution < -0.4 is 5.32 Å². The van der Waals surface area contributed by atoms with Crippen LogP contribution in [0.1, 0.15) is 6.42 Å². The largest absolute Gasteiger partial charge is 0.480 e. The molecule has 0 radical (unpaired) electrons. The number of carboxylic acid groups (broad SMARTS) is 1. The second-order valence-electron chi connectivity index (χ2n) is 4.36. The minimum absolute atomic E-state index is 0.0685. The Labute approximate surface area is 120 Å². The van der Waals surface area contributed by atoms with Crippen molar-refractivity contribution >= 4 is 35.6 Å². The van der Waals surface area contributed by atoms with Gasteiger partial charge < -0.3 is 15.3 Å². The lowest BCUT2D eigenvalue weighted by Crippen LogP contribution is -2.47. The molecule has 0 aliphatic carbocycles. The van der Waals surface area contributed by atoms with E-state index >= 15 is 0 Å². The Morgan fingerprint density at radius 3 is 2.55 bits per heavy atom. The van der Waals surface area contributed by atoms with Gasteiger partial charge in [0.1, 0.15) is 19.1 Å². The standard InChI is InChI=1S/C11H17N3O5S/c1-13-6-9(16)14(11(13)19)5-8(15)12-7(10(17)18)3-4-20-2/h7H,3-6H2,1-2H3,(H,12,15)(H,17,18)/t7-/m0/s1. The Bertz CT molecular complexity index is 428. The summed E-state index contributed by atoms with van der Waals surface area (Å²) in [5.74, 6) is -1.68. The van der Waals surface area contributed by atoms with Crippen molar-refractivity contribution in [3.8, 4) is 0 Å². The van der Waals surface area contributed by atoms with E-state index in [4.69, 9.17) is 5.11 Å². The number of hydrogen-bond acceptors (Lipinski definition) is 5. The quantitative estimate of drug-likeness (QED) is 0.596. The molecule has 1 atom stereocenters. The first-order valence-electron chi connectivity index (χ1n) is 5.93. The van der Waals surface area contributed by atoms with E-state index in [1.54, 1.807) is 0 Å². The van der Waals surface area contributed by atoms with Gasteiger partial charge in [-0.1, -0.05) is 0 Å². The molecule has 0 bridgehead atoms. The van der Waals surface area contributed by atoms with E-state index < -0.39 is 36.4 Å². The molecule has 1 fully saturated rings. The SMILES string of the molecule is CSCC[C@H](NC(=O)CN1C(=O)CN(C)C1=O)C(=O)O. The van der Waals surface area contributed by atoms with Gasteiger partial charge in [-0.15, -0.1) is 0 Å². The number of nitrogens with one attached hydrogen (secondary N) is 1. The first-order chi connectivity index (χ1) is 9.36. The van der Waals surface area contributed by atoms with Crippen molar-refractivity contribution in [1.82, 2.24) is 15.1 Å². The number of carboxylic acids is 1. The maximum atomic E-state index is 11.7. The van der Waals surface area contributed by atoms with E-state index in [1.165, 1.54) is 23.7 Å². The predicted octanol–water partition coefficient (Wildman–Crippen LogP) is -0.797. The van der Waals surface area contributed by atoms with Gasteiger partial charge in [-0.05, 0) is 18.4 Å². The Hall–Kier alpha value is -1.77. The fourth-order valence-electron chi connectivity index (χ4n) is 1.70. The molecule has 112 valence electrons. The molecule has 1 aliphatic heterocycles. The fraction of sp³-hybridized carbons (Fsp3) is 0.636. The Kier molecular flexibility index (Phi) is 5.81. The van der Waals surface area contributed by atoms with E-state index in [-0.39, 0.29) is 13.0 Å². The highest BCUT2D eigenvalue weighted by atomic mass is 32.2. The normalized spacial score (nSPS) is 16.5. The summed E-state index contributed by atoms with van der Waals surface area (Å²) in [6.07, 6.45) is 2.11. The highest BCUT2D eigenvalue weighted by Gasteiger charge is 2.35. The van der Waals surface area contributed by atoms with E-state index in [0.717, 1.165) is 4.90 Å². The third-order valence-electron chi connectivity index (χ3n) is 2.78. The van der Waals surface area contributed by atoms with Crippen molar-refractivity contribution in [3.63, 3.8) is 0 Å². The van der Waals surface area contributed by atoms with Gasteiger partial charge >= 0.3 is 12.0 Å². The second kappa shape index (κ2) is 7.13. The van der Waals surface area contributed by atoms with E-state index in [1.807, 2.05) is 6.26 Å². The molecule has 2 N–H and O–H groups in total. The predicted molar refractivity (Wildman–Crippen MR) is 72.3 cm³/mol.